The molecule has 2 atom stereocenters. The Morgan fingerprint density at radius 2 is 2.16 bits per heavy atom. The Morgan fingerprint density at radius 3 is 2.89 bits per heavy atom. The molecule has 1 fully saturated rings. The first-order chi connectivity index (χ1) is 9.15. The first-order valence-electron chi connectivity index (χ1n) is 7.00. The van der Waals surface area contributed by atoms with Crippen LogP contribution in [0.3, 0.4) is 0 Å². The van der Waals surface area contributed by atoms with Crippen molar-refractivity contribution >= 4 is 0 Å². The fraction of sp³-hybridized carbons (Fsp3) is 0.600. The molecule has 2 nitrogen and oxygen atoms in total. The van der Waals surface area contributed by atoms with E-state index in [0.717, 1.165) is 32.5 Å². The number of likely N-dealkylation sites (tertiary alicyclic amines) is 1. The zero-order chi connectivity index (χ0) is 13.8. The van der Waals surface area contributed by atoms with E-state index in [1.165, 1.54) is 6.07 Å². The molecule has 0 amide bonds. The second-order valence-electron chi connectivity index (χ2n) is 5.28. The summed E-state index contributed by atoms with van der Waals surface area (Å²) < 4.78 is 27.5. The third kappa shape index (κ3) is 3.12. The predicted octanol–water partition coefficient (Wildman–Crippen LogP) is 2.96. The molecule has 2 rings (SSSR count). The molecule has 0 radical (unpaired) electrons. The molecule has 0 aromatic heterocycles. The van der Waals surface area contributed by atoms with Crippen molar-refractivity contribution in [1.82, 2.24) is 10.2 Å². The van der Waals surface area contributed by atoms with Crippen molar-refractivity contribution in [3.8, 4) is 0 Å². The minimum Gasteiger partial charge on any atom is -0.317 e. The summed E-state index contributed by atoms with van der Waals surface area (Å²) in [6.45, 7) is 4.74. The highest BCUT2D eigenvalue weighted by molar-refractivity contribution is 5.24. The van der Waals surface area contributed by atoms with Crippen LogP contribution in [0.5, 0.6) is 0 Å². The zero-order valence-electron chi connectivity index (χ0n) is 11.6. The van der Waals surface area contributed by atoms with Gasteiger partial charge in [0.25, 0.3) is 0 Å². The molecule has 0 saturated carbocycles. The lowest BCUT2D eigenvalue weighted by molar-refractivity contribution is 0.116. The normalized spacial score (nSPS) is 24.6. The quantitative estimate of drug-likeness (QED) is 0.903. The largest absolute Gasteiger partial charge is 0.317 e. The maximum Gasteiger partial charge on any atom is 0.163 e. The Morgan fingerprint density at radius 1 is 1.37 bits per heavy atom. The summed E-state index contributed by atoms with van der Waals surface area (Å²) in [5, 5.41) is 3.33. The summed E-state index contributed by atoms with van der Waals surface area (Å²) in [4.78, 5) is 2.14. The maximum atomic E-state index is 14.0. The Kier molecular flexibility index (Phi) is 4.88. The molecule has 2 unspecified atom stereocenters. The average Bonchev–Trinajstić information content (AvgIpc) is 2.40. The zero-order valence-corrected chi connectivity index (χ0v) is 11.6. The molecule has 1 aliphatic heterocycles. The number of nitrogens with zero attached hydrogens (tertiary/aromatic N) is 1. The van der Waals surface area contributed by atoms with Gasteiger partial charge in [-0.25, -0.2) is 8.78 Å². The Balaban J connectivity index is 2.28. The van der Waals surface area contributed by atoms with Crippen LogP contribution in [0, 0.1) is 17.6 Å². The Hall–Kier alpha value is -1.00. The van der Waals surface area contributed by atoms with Crippen LogP contribution < -0.4 is 5.32 Å². The average molecular weight is 268 g/mol. The van der Waals surface area contributed by atoms with E-state index in [-0.39, 0.29) is 6.04 Å². The molecule has 0 spiro atoms. The summed E-state index contributed by atoms with van der Waals surface area (Å²) in [5.74, 6) is -1.11. The van der Waals surface area contributed by atoms with Gasteiger partial charge in [0.2, 0.25) is 0 Å². The number of piperidine rings is 1. The van der Waals surface area contributed by atoms with Gasteiger partial charge in [-0.15, -0.1) is 0 Å². The monoisotopic (exact) mass is 268 g/mol. The van der Waals surface area contributed by atoms with Crippen molar-refractivity contribution < 1.29 is 8.78 Å². The number of nitrogens with one attached hydrogen (secondary N) is 1. The molecule has 0 aliphatic carbocycles. The second-order valence-corrected chi connectivity index (χ2v) is 5.28. The molecule has 1 aromatic rings. The SMILES string of the molecule is CCNCC1CCCN(C)C1c1cccc(F)c1F. The third-order valence-corrected chi connectivity index (χ3v) is 3.96. The summed E-state index contributed by atoms with van der Waals surface area (Å²) in [5.41, 5.74) is 0.491. The van der Waals surface area contributed by atoms with Gasteiger partial charge < -0.3 is 5.32 Å². The molecule has 19 heavy (non-hydrogen) atoms. The van der Waals surface area contributed by atoms with E-state index in [1.54, 1.807) is 12.1 Å². The van der Waals surface area contributed by atoms with Crippen LogP contribution in [0.15, 0.2) is 18.2 Å². The summed E-state index contributed by atoms with van der Waals surface area (Å²) in [7, 11) is 1.99. The van der Waals surface area contributed by atoms with Crippen molar-refractivity contribution in [3.63, 3.8) is 0 Å². The lowest BCUT2D eigenvalue weighted by Crippen LogP contribution is -2.41. The summed E-state index contributed by atoms with van der Waals surface area (Å²) in [6.07, 6.45) is 2.16. The highest BCUT2D eigenvalue weighted by Gasteiger charge is 2.32. The molecule has 4 heteroatoms. The highest BCUT2D eigenvalue weighted by atomic mass is 19.2. The lowest BCUT2D eigenvalue weighted by Gasteiger charge is -2.39. The number of hydrogen-bond acceptors (Lipinski definition) is 2. The van der Waals surface area contributed by atoms with Gasteiger partial charge in [-0.2, -0.15) is 0 Å². The molecule has 1 saturated heterocycles. The standard InChI is InChI=1S/C15H22F2N2/c1-3-18-10-11-6-5-9-19(2)15(11)12-7-4-8-13(16)14(12)17/h4,7-8,11,15,18H,3,5-6,9-10H2,1-2H3. The molecule has 106 valence electrons. The second kappa shape index (κ2) is 6.44. The molecular weight excluding hydrogens is 246 g/mol. The Bertz CT molecular complexity index is 423. The van der Waals surface area contributed by atoms with Crippen LogP contribution in [0.25, 0.3) is 0 Å². The smallest absolute Gasteiger partial charge is 0.163 e. The van der Waals surface area contributed by atoms with E-state index in [4.69, 9.17) is 0 Å². The molecule has 1 aliphatic rings. The van der Waals surface area contributed by atoms with Gasteiger partial charge >= 0.3 is 0 Å². The fourth-order valence-corrected chi connectivity index (χ4v) is 3.04. The van der Waals surface area contributed by atoms with Gasteiger partial charge in [-0.3, -0.25) is 4.90 Å². The van der Waals surface area contributed by atoms with Gasteiger partial charge in [-0.05, 0) is 51.5 Å². The van der Waals surface area contributed by atoms with Gasteiger partial charge in [0.05, 0.1) is 0 Å². The molecule has 0 bridgehead atoms. The molecular formula is C15H22F2N2. The van der Waals surface area contributed by atoms with E-state index in [9.17, 15) is 8.78 Å². The van der Waals surface area contributed by atoms with E-state index < -0.39 is 11.6 Å². The van der Waals surface area contributed by atoms with E-state index in [1.807, 2.05) is 7.05 Å². The number of hydrogen-bond donors (Lipinski definition) is 1. The molecule has 1 N–H and O–H groups in total. The van der Waals surface area contributed by atoms with Gasteiger partial charge in [0.15, 0.2) is 11.6 Å². The highest BCUT2D eigenvalue weighted by Crippen LogP contribution is 2.36. The molecule has 1 aromatic carbocycles. The number of benzene rings is 1. The van der Waals surface area contributed by atoms with E-state index >= 15 is 0 Å². The fourth-order valence-electron chi connectivity index (χ4n) is 3.04. The van der Waals surface area contributed by atoms with Crippen molar-refractivity contribution in [1.29, 1.82) is 0 Å². The van der Waals surface area contributed by atoms with Gasteiger partial charge in [0, 0.05) is 11.6 Å². The first kappa shape index (κ1) is 14.4. The van der Waals surface area contributed by atoms with Crippen LogP contribution in [0.2, 0.25) is 0 Å². The van der Waals surface area contributed by atoms with Crippen LogP contribution >= 0.6 is 0 Å². The van der Waals surface area contributed by atoms with Gasteiger partial charge in [-0.1, -0.05) is 19.1 Å². The van der Waals surface area contributed by atoms with Crippen molar-refractivity contribution in [2.24, 2.45) is 5.92 Å². The molecule has 1 heterocycles. The third-order valence-electron chi connectivity index (χ3n) is 3.96. The van der Waals surface area contributed by atoms with Crippen LogP contribution in [-0.4, -0.2) is 31.6 Å². The van der Waals surface area contributed by atoms with E-state index in [2.05, 4.69) is 17.1 Å². The lowest BCUT2D eigenvalue weighted by atomic mass is 9.84. The summed E-state index contributed by atoms with van der Waals surface area (Å²) >= 11 is 0. The Labute approximate surface area is 113 Å². The topological polar surface area (TPSA) is 15.3 Å². The minimum atomic E-state index is -0.751. The van der Waals surface area contributed by atoms with Crippen molar-refractivity contribution in [3.05, 3.63) is 35.4 Å². The number of rotatable bonds is 4. The predicted molar refractivity (Wildman–Crippen MR) is 73.0 cm³/mol. The van der Waals surface area contributed by atoms with Crippen molar-refractivity contribution in [2.75, 3.05) is 26.7 Å². The van der Waals surface area contributed by atoms with Crippen LogP contribution in [0.4, 0.5) is 8.78 Å². The maximum absolute atomic E-state index is 14.0. The van der Waals surface area contributed by atoms with E-state index in [0.29, 0.717) is 11.5 Å². The minimum absolute atomic E-state index is 0.0384. The number of halogens is 2. The summed E-state index contributed by atoms with van der Waals surface area (Å²) in [6, 6.07) is 4.45. The van der Waals surface area contributed by atoms with Crippen LogP contribution in [-0.2, 0) is 0 Å². The first-order valence-corrected chi connectivity index (χ1v) is 7.00. The van der Waals surface area contributed by atoms with Gasteiger partial charge in [0.1, 0.15) is 0 Å². The van der Waals surface area contributed by atoms with Crippen LogP contribution in [0.1, 0.15) is 31.4 Å². The van der Waals surface area contributed by atoms with Crippen molar-refractivity contribution in [2.45, 2.75) is 25.8 Å².